The number of nitriles is 1. The second kappa shape index (κ2) is 10.9. The molecule has 0 radical (unpaired) electrons. The van der Waals surface area contributed by atoms with Gasteiger partial charge in [-0.25, -0.2) is 0 Å². The molecule has 0 aromatic heterocycles. The number of nitrogens with zero attached hydrogens (tertiary/aromatic N) is 2. The van der Waals surface area contributed by atoms with E-state index in [1.54, 1.807) is 24.3 Å². The number of thioether (sulfide) groups is 1. The summed E-state index contributed by atoms with van der Waals surface area (Å²) < 4.78 is 11.7. The van der Waals surface area contributed by atoms with Crippen molar-refractivity contribution < 1.29 is 19.1 Å². The highest BCUT2D eigenvalue weighted by atomic mass is 32.2. The highest BCUT2D eigenvalue weighted by Gasteiger charge is 2.35. The molecule has 1 aliphatic heterocycles. The molecule has 2 amide bonds. The lowest BCUT2D eigenvalue weighted by Crippen LogP contribution is -2.27. The van der Waals surface area contributed by atoms with E-state index in [1.165, 1.54) is 4.90 Å². The van der Waals surface area contributed by atoms with Crippen LogP contribution in [-0.2, 0) is 17.9 Å². The largest absolute Gasteiger partial charge is 0.490 e. The van der Waals surface area contributed by atoms with Gasteiger partial charge in [-0.05, 0) is 61.0 Å². The molecule has 3 aromatic carbocycles. The minimum atomic E-state index is -0.312. The summed E-state index contributed by atoms with van der Waals surface area (Å²) in [5, 5.41) is 9.00. The predicted molar refractivity (Wildman–Crippen MR) is 136 cm³/mol. The van der Waals surface area contributed by atoms with Gasteiger partial charge in [0.25, 0.3) is 11.1 Å². The van der Waals surface area contributed by atoms with Gasteiger partial charge in [0.05, 0.1) is 29.7 Å². The fraction of sp³-hybridized carbons (Fsp3) is 0.179. The third-order valence-corrected chi connectivity index (χ3v) is 6.29. The average molecular weight is 485 g/mol. The van der Waals surface area contributed by atoms with Crippen LogP contribution in [0.3, 0.4) is 0 Å². The molecule has 0 unspecified atom stereocenters. The Morgan fingerprint density at radius 1 is 1.00 bits per heavy atom. The monoisotopic (exact) mass is 484 g/mol. The summed E-state index contributed by atoms with van der Waals surface area (Å²) in [4.78, 5) is 27.1. The first kappa shape index (κ1) is 24.1. The van der Waals surface area contributed by atoms with Crippen LogP contribution < -0.4 is 9.47 Å². The SMILES string of the molecule is CCOc1cc(/C=C2\SC(=O)N(Cc3cccc(C)c3)C2=O)ccc1OCc1ccccc1C#N. The second-order valence-corrected chi connectivity index (χ2v) is 8.95. The Morgan fingerprint density at radius 3 is 2.60 bits per heavy atom. The number of rotatable bonds is 8. The van der Waals surface area contributed by atoms with Crippen LogP contribution in [0.5, 0.6) is 11.5 Å². The Kier molecular flexibility index (Phi) is 7.54. The maximum atomic E-state index is 12.9. The lowest BCUT2D eigenvalue weighted by molar-refractivity contribution is -0.123. The maximum Gasteiger partial charge on any atom is 0.293 e. The number of imide groups is 1. The Balaban J connectivity index is 1.52. The summed E-state index contributed by atoms with van der Waals surface area (Å²) in [6.45, 7) is 4.74. The van der Waals surface area contributed by atoms with Gasteiger partial charge in [-0.2, -0.15) is 5.26 Å². The molecule has 4 rings (SSSR count). The van der Waals surface area contributed by atoms with E-state index in [-0.39, 0.29) is 24.3 Å². The molecule has 3 aromatic rings. The van der Waals surface area contributed by atoms with Gasteiger partial charge in [-0.3, -0.25) is 14.5 Å². The zero-order valence-corrected chi connectivity index (χ0v) is 20.3. The first-order valence-electron chi connectivity index (χ1n) is 11.2. The standard InChI is InChI=1S/C28H24N2O4S/c1-3-33-25-14-20(11-12-24(25)34-18-23-10-5-4-9-22(23)16-29)15-26-27(31)30(28(32)35-26)17-21-8-6-7-19(2)13-21/h4-15H,3,17-18H2,1-2H3/b26-15-. The van der Waals surface area contributed by atoms with Crippen molar-refractivity contribution in [2.75, 3.05) is 6.61 Å². The third kappa shape index (κ3) is 5.73. The van der Waals surface area contributed by atoms with Crippen molar-refractivity contribution in [2.45, 2.75) is 27.0 Å². The quantitative estimate of drug-likeness (QED) is 0.361. The summed E-state index contributed by atoms with van der Waals surface area (Å²) in [5.41, 5.74) is 4.05. The van der Waals surface area contributed by atoms with E-state index in [0.29, 0.717) is 28.6 Å². The molecule has 1 fully saturated rings. The normalized spacial score (nSPS) is 14.3. The first-order valence-corrected chi connectivity index (χ1v) is 12.0. The van der Waals surface area contributed by atoms with Crippen LogP contribution in [0.4, 0.5) is 4.79 Å². The van der Waals surface area contributed by atoms with E-state index < -0.39 is 0 Å². The van der Waals surface area contributed by atoms with Crippen LogP contribution >= 0.6 is 11.8 Å². The lowest BCUT2D eigenvalue weighted by atomic mass is 10.1. The van der Waals surface area contributed by atoms with Gasteiger partial charge in [-0.1, -0.05) is 54.1 Å². The predicted octanol–water partition coefficient (Wildman–Crippen LogP) is 6.08. The molecular formula is C28H24N2O4S. The molecule has 176 valence electrons. The van der Waals surface area contributed by atoms with E-state index in [1.807, 2.05) is 62.4 Å². The fourth-order valence-corrected chi connectivity index (χ4v) is 4.53. The smallest absolute Gasteiger partial charge is 0.293 e. The highest BCUT2D eigenvalue weighted by Crippen LogP contribution is 2.35. The first-order chi connectivity index (χ1) is 17.0. The minimum absolute atomic E-state index is 0.223. The molecule has 0 spiro atoms. The number of carbonyl (C=O) groups excluding carboxylic acids is 2. The van der Waals surface area contributed by atoms with Crippen LogP contribution in [-0.4, -0.2) is 22.7 Å². The van der Waals surface area contributed by atoms with Crippen LogP contribution in [0.15, 0.2) is 71.6 Å². The molecular weight excluding hydrogens is 460 g/mol. The van der Waals surface area contributed by atoms with Gasteiger partial charge in [0, 0.05) is 5.56 Å². The van der Waals surface area contributed by atoms with Gasteiger partial charge in [-0.15, -0.1) is 0 Å². The summed E-state index contributed by atoms with van der Waals surface area (Å²) in [5.74, 6) is 0.742. The lowest BCUT2D eigenvalue weighted by Gasteiger charge is -2.14. The van der Waals surface area contributed by atoms with Gasteiger partial charge in [0.1, 0.15) is 6.61 Å². The summed E-state index contributed by atoms with van der Waals surface area (Å²) in [6, 6.07) is 22.5. The van der Waals surface area contributed by atoms with Crippen LogP contribution in [0, 0.1) is 18.3 Å². The summed E-state index contributed by atoms with van der Waals surface area (Å²) in [6.07, 6.45) is 1.69. The number of amides is 2. The molecule has 6 nitrogen and oxygen atoms in total. The van der Waals surface area contributed by atoms with Crippen molar-refractivity contribution in [1.29, 1.82) is 5.26 Å². The average Bonchev–Trinajstić information content (AvgIpc) is 3.11. The maximum absolute atomic E-state index is 12.9. The van der Waals surface area contributed by atoms with Crippen LogP contribution in [0.25, 0.3) is 6.08 Å². The van der Waals surface area contributed by atoms with Crippen molar-refractivity contribution in [1.82, 2.24) is 4.90 Å². The third-order valence-electron chi connectivity index (χ3n) is 5.38. The van der Waals surface area contributed by atoms with Gasteiger partial charge < -0.3 is 9.47 Å². The Bertz CT molecular complexity index is 1340. The second-order valence-electron chi connectivity index (χ2n) is 7.95. The van der Waals surface area contributed by atoms with Crippen LogP contribution in [0.1, 0.15) is 34.7 Å². The molecule has 1 aliphatic rings. The number of benzene rings is 3. The van der Waals surface area contributed by atoms with Crippen molar-refractivity contribution in [3.05, 3.63) is 99.5 Å². The molecule has 0 bridgehead atoms. The van der Waals surface area contributed by atoms with Gasteiger partial charge in [0.15, 0.2) is 11.5 Å². The molecule has 35 heavy (non-hydrogen) atoms. The minimum Gasteiger partial charge on any atom is -0.490 e. The van der Waals surface area contributed by atoms with E-state index >= 15 is 0 Å². The van der Waals surface area contributed by atoms with E-state index in [2.05, 4.69) is 6.07 Å². The number of carbonyl (C=O) groups is 2. The fourth-order valence-electron chi connectivity index (χ4n) is 3.69. The number of hydrogen-bond donors (Lipinski definition) is 0. The molecule has 0 saturated carbocycles. The number of hydrogen-bond acceptors (Lipinski definition) is 6. The van der Waals surface area contributed by atoms with Crippen molar-refractivity contribution in [3.63, 3.8) is 0 Å². The van der Waals surface area contributed by atoms with Crippen LogP contribution in [0.2, 0.25) is 0 Å². The van der Waals surface area contributed by atoms with E-state index in [0.717, 1.165) is 34.0 Å². The van der Waals surface area contributed by atoms with E-state index in [9.17, 15) is 14.9 Å². The molecule has 7 heteroatoms. The molecule has 1 saturated heterocycles. The zero-order chi connectivity index (χ0) is 24.8. The molecule has 0 aliphatic carbocycles. The summed E-state index contributed by atoms with van der Waals surface area (Å²) >= 11 is 0.931. The Labute approximate surface area is 208 Å². The topological polar surface area (TPSA) is 79.6 Å². The molecule has 0 atom stereocenters. The number of aryl methyl sites for hydroxylation is 1. The van der Waals surface area contributed by atoms with Crippen molar-refractivity contribution in [3.8, 4) is 17.6 Å². The van der Waals surface area contributed by atoms with Crippen molar-refractivity contribution >= 4 is 29.0 Å². The van der Waals surface area contributed by atoms with Gasteiger partial charge in [0.2, 0.25) is 0 Å². The Hall–Kier alpha value is -4.02. The molecule has 0 N–H and O–H groups in total. The highest BCUT2D eigenvalue weighted by molar-refractivity contribution is 8.18. The van der Waals surface area contributed by atoms with Gasteiger partial charge >= 0.3 is 0 Å². The van der Waals surface area contributed by atoms with Crippen molar-refractivity contribution in [2.24, 2.45) is 0 Å². The van der Waals surface area contributed by atoms with E-state index in [4.69, 9.17) is 9.47 Å². The Morgan fingerprint density at radius 2 is 1.83 bits per heavy atom. The zero-order valence-electron chi connectivity index (χ0n) is 19.5. The summed E-state index contributed by atoms with van der Waals surface area (Å²) in [7, 11) is 0. The number of ether oxygens (including phenoxy) is 2. The molecule has 1 heterocycles.